The van der Waals surface area contributed by atoms with Gasteiger partial charge in [-0.2, -0.15) is 0 Å². The summed E-state index contributed by atoms with van der Waals surface area (Å²) < 4.78 is 16.5. The van der Waals surface area contributed by atoms with Crippen LogP contribution >= 0.6 is 0 Å². The number of benzene rings is 2. The van der Waals surface area contributed by atoms with Crippen LogP contribution in [-0.4, -0.2) is 20.8 Å². The Labute approximate surface area is 131 Å². The van der Waals surface area contributed by atoms with Gasteiger partial charge in [0.2, 0.25) is 0 Å². The van der Waals surface area contributed by atoms with Gasteiger partial charge in [-0.3, -0.25) is 0 Å². The summed E-state index contributed by atoms with van der Waals surface area (Å²) in [5, 5.41) is 3.60. The average molecular weight is 299 g/mol. The highest BCUT2D eigenvalue weighted by Gasteiger charge is 2.21. The summed E-state index contributed by atoms with van der Waals surface area (Å²) in [5.41, 5.74) is 2.31. The van der Waals surface area contributed by atoms with E-state index in [9.17, 15) is 0 Å². The molecule has 0 aliphatic carbocycles. The fraction of sp³-hybridized carbons (Fsp3) is 0.333. The Morgan fingerprint density at radius 1 is 1.09 bits per heavy atom. The third-order valence-corrected chi connectivity index (χ3v) is 3.98. The molecule has 2 aromatic carbocycles. The predicted octanol–water partition coefficient (Wildman–Crippen LogP) is 3.32. The van der Waals surface area contributed by atoms with E-state index in [1.165, 1.54) is 5.56 Å². The Kier molecular flexibility index (Phi) is 4.49. The minimum Gasteiger partial charge on any atom is -0.493 e. The first-order valence-electron chi connectivity index (χ1n) is 7.48. The van der Waals surface area contributed by atoms with Gasteiger partial charge in [0.1, 0.15) is 5.75 Å². The number of ether oxygens (including phenoxy) is 3. The smallest absolute Gasteiger partial charge is 0.165 e. The molecule has 0 amide bonds. The molecule has 0 radical (unpaired) electrons. The van der Waals surface area contributed by atoms with Crippen LogP contribution in [0.15, 0.2) is 42.5 Å². The quantitative estimate of drug-likeness (QED) is 0.919. The van der Waals surface area contributed by atoms with E-state index in [2.05, 4.69) is 17.4 Å². The molecule has 2 aromatic rings. The number of hydrogen-bond donors (Lipinski definition) is 1. The van der Waals surface area contributed by atoms with Crippen LogP contribution in [0.2, 0.25) is 0 Å². The van der Waals surface area contributed by atoms with Gasteiger partial charge in [-0.25, -0.2) is 0 Å². The summed E-state index contributed by atoms with van der Waals surface area (Å²) in [6.45, 7) is 1.46. The highest BCUT2D eigenvalue weighted by atomic mass is 16.5. The van der Waals surface area contributed by atoms with Crippen molar-refractivity contribution in [1.82, 2.24) is 5.32 Å². The second-order valence-corrected chi connectivity index (χ2v) is 5.26. The van der Waals surface area contributed by atoms with E-state index in [-0.39, 0.29) is 0 Å². The third-order valence-electron chi connectivity index (χ3n) is 3.98. The molecule has 116 valence electrons. The van der Waals surface area contributed by atoms with Crippen LogP contribution < -0.4 is 19.5 Å². The van der Waals surface area contributed by atoms with Crippen molar-refractivity contribution >= 4 is 0 Å². The molecular weight excluding hydrogens is 278 g/mol. The zero-order valence-corrected chi connectivity index (χ0v) is 13.0. The van der Waals surface area contributed by atoms with Crippen LogP contribution in [0.25, 0.3) is 0 Å². The van der Waals surface area contributed by atoms with Crippen LogP contribution in [0.4, 0.5) is 0 Å². The van der Waals surface area contributed by atoms with Crippen molar-refractivity contribution in [2.24, 2.45) is 0 Å². The SMILES string of the molecule is COc1cccc(CN[C@@H]2CCOc3ccccc32)c1OC. The van der Waals surface area contributed by atoms with Gasteiger partial charge in [0.15, 0.2) is 11.5 Å². The maximum atomic E-state index is 5.70. The lowest BCUT2D eigenvalue weighted by Gasteiger charge is -2.27. The molecule has 0 bridgehead atoms. The van der Waals surface area contributed by atoms with Gasteiger partial charge in [-0.1, -0.05) is 30.3 Å². The summed E-state index contributed by atoms with van der Waals surface area (Å²) in [5.74, 6) is 2.52. The molecule has 1 heterocycles. The average Bonchev–Trinajstić information content (AvgIpc) is 2.59. The van der Waals surface area contributed by atoms with Gasteiger partial charge in [-0.05, 0) is 12.1 Å². The van der Waals surface area contributed by atoms with E-state index in [0.29, 0.717) is 6.04 Å². The van der Waals surface area contributed by atoms with Crippen LogP contribution in [-0.2, 0) is 6.54 Å². The lowest BCUT2D eigenvalue weighted by molar-refractivity contribution is 0.251. The van der Waals surface area contributed by atoms with Crippen molar-refractivity contribution in [3.8, 4) is 17.2 Å². The topological polar surface area (TPSA) is 39.7 Å². The molecule has 0 saturated carbocycles. The Hall–Kier alpha value is -2.20. The van der Waals surface area contributed by atoms with Crippen molar-refractivity contribution in [2.75, 3.05) is 20.8 Å². The second-order valence-electron chi connectivity index (χ2n) is 5.26. The number of nitrogens with one attached hydrogen (secondary N) is 1. The van der Waals surface area contributed by atoms with Crippen molar-refractivity contribution in [3.05, 3.63) is 53.6 Å². The first-order valence-corrected chi connectivity index (χ1v) is 7.48. The molecule has 0 fully saturated rings. The summed E-state index contributed by atoms with van der Waals surface area (Å²) in [6, 6.07) is 14.4. The van der Waals surface area contributed by atoms with E-state index in [1.54, 1.807) is 14.2 Å². The maximum absolute atomic E-state index is 5.70. The highest BCUT2D eigenvalue weighted by molar-refractivity contribution is 5.46. The van der Waals surface area contributed by atoms with Gasteiger partial charge in [0.05, 0.1) is 20.8 Å². The fourth-order valence-electron chi connectivity index (χ4n) is 2.88. The molecule has 1 N–H and O–H groups in total. The first-order chi connectivity index (χ1) is 10.8. The molecule has 4 heteroatoms. The Bertz CT molecular complexity index is 642. The predicted molar refractivity (Wildman–Crippen MR) is 85.7 cm³/mol. The highest BCUT2D eigenvalue weighted by Crippen LogP contribution is 2.34. The minimum absolute atomic E-state index is 0.292. The lowest BCUT2D eigenvalue weighted by Crippen LogP contribution is -2.26. The summed E-state index contributed by atoms with van der Waals surface area (Å²) in [7, 11) is 3.33. The number of fused-ring (bicyclic) bond motifs is 1. The molecule has 3 rings (SSSR count). The summed E-state index contributed by atoms with van der Waals surface area (Å²) in [6.07, 6.45) is 0.962. The molecule has 0 unspecified atom stereocenters. The van der Waals surface area contributed by atoms with Crippen molar-refractivity contribution in [3.63, 3.8) is 0 Å². The largest absolute Gasteiger partial charge is 0.493 e. The van der Waals surface area contributed by atoms with Crippen LogP contribution in [0.5, 0.6) is 17.2 Å². The first kappa shape index (κ1) is 14.7. The van der Waals surface area contributed by atoms with E-state index in [4.69, 9.17) is 14.2 Å². The molecule has 0 aromatic heterocycles. The molecule has 22 heavy (non-hydrogen) atoms. The van der Waals surface area contributed by atoms with Gasteiger partial charge in [-0.15, -0.1) is 0 Å². The zero-order chi connectivity index (χ0) is 15.4. The molecular formula is C18H21NO3. The number of rotatable bonds is 5. The van der Waals surface area contributed by atoms with Gasteiger partial charge in [0.25, 0.3) is 0 Å². The van der Waals surface area contributed by atoms with Gasteiger partial charge < -0.3 is 19.5 Å². The third kappa shape index (κ3) is 2.88. The Balaban J connectivity index is 1.77. The van der Waals surface area contributed by atoms with Crippen LogP contribution in [0.1, 0.15) is 23.6 Å². The number of methoxy groups -OCH3 is 2. The van der Waals surface area contributed by atoms with E-state index >= 15 is 0 Å². The Morgan fingerprint density at radius 2 is 1.95 bits per heavy atom. The molecule has 1 atom stereocenters. The Morgan fingerprint density at radius 3 is 2.77 bits per heavy atom. The van der Waals surface area contributed by atoms with Crippen LogP contribution in [0, 0.1) is 0 Å². The molecule has 0 spiro atoms. The van der Waals surface area contributed by atoms with Crippen molar-refractivity contribution < 1.29 is 14.2 Å². The summed E-state index contributed by atoms with van der Waals surface area (Å²) in [4.78, 5) is 0. The standard InChI is InChI=1S/C18H21NO3/c1-20-17-9-5-6-13(18(17)21-2)12-19-15-10-11-22-16-8-4-3-7-14(15)16/h3-9,15,19H,10-12H2,1-2H3/t15-/m1/s1. The van der Waals surface area contributed by atoms with Crippen molar-refractivity contribution in [1.29, 1.82) is 0 Å². The van der Waals surface area contributed by atoms with E-state index in [1.807, 2.05) is 30.3 Å². The number of para-hydroxylation sites is 2. The molecule has 4 nitrogen and oxygen atoms in total. The zero-order valence-electron chi connectivity index (χ0n) is 13.0. The monoisotopic (exact) mass is 299 g/mol. The summed E-state index contributed by atoms with van der Waals surface area (Å²) >= 11 is 0. The molecule has 1 aliphatic rings. The van der Waals surface area contributed by atoms with Crippen molar-refractivity contribution in [2.45, 2.75) is 19.0 Å². The molecule has 0 saturated heterocycles. The van der Waals surface area contributed by atoms with E-state index in [0.717, 1.165) is 42.4 Å². The normalized spacial score (nSPS) is 16.5. The van der Waals surface area contributed by atoms with E-state index < -0.39 is 0 Å². The number of hydrogen-bond acceptors (Lipinski definition) is 4. The second kappa shape index (κ2) is 6.71. The minimum atomic E-state index is 0.292. The van der Waals surface area contributed by atoms with Gasteiger partial charge in [0, 0.05) is 30.1 Å². The van der Waals surface area contributed by atoms with Crippen LogP contribution in [0.3, 0.4) is 0 Å². The molecule has 1 aliphatic heterocycles. The fourth-order valence-corrected chi connectivity index (χ4v) is 2.88. The lowest BCUT2D eigenvalue weighted by atomic mass is 10.00. The van der Waals surface area contributed by atoms with Gasteiger partial charge >= 0.3 is 0 Å². The maximum Gasteiger partial charge on any atom is 0.165 e.